The highest BCUT2D eigenvalue weighted by atomic mass is 35.5. The predicted octanol–water partition coefficient (Wildman–Crippen LogP) is 4.71. The lowest BCUT2D eigenvalue weighted by Gasteiger charge is -2.43. The first-order valence-corrected chi connectivity index (χ1v) is 6.95. The van der Waals surface area contributed by atoms with Crippen molar-refractivity contribution in [3.8, 4) is 0 Å². The van der Waals surface area contributed by atoms with Gasteiger partial charge in [0.1, 0.15) is 0 Å². The Morgan fingerprint density at radius 3 is 2.18 bits per heavy atom. The van der Waals surface area contributed by atoms with Crippen LogP contribution in [0.3, 0.4) is 0 Å². The number of rotatable bonds is 2. The van der Waals surface area contributed by atoms with Crippen LogP contribution >= 0.6 is 23.2 Å². The van der Waals surface area contributed by atoms with Crippen LogP contribution in [0.15, 0.2) is 18.2 Å². The Kier molecular flexibility index (Phi) is 4.02. The Labute approximate surface area is 114 Å². The van der Waals surface area contributed by atoms with Crippen molar-refractivity contribution in [2.24, 2.45) is 0 Å². The van der Waals surface area contributed by atoms with E-state index >= 15 is 0 Å². The van der Waals surface area contributed by atoms with Gasteiger partial charge in [-0.15, -0.1) is 0 Å². The maximum atomic E-state index is 6.15. The molecule has 0 heterocycles. The first-order valence-electron chi connectivity index (χ1n) is 6.19. The summed E-state index contributed by atoms with van der Waals surface area (Å²) < 4.78 is 0. The second-order valence-electron chi connectivity index (χ2n) is 5.12. The van der Waals surface area contributed by atoms with Gasteiger partial charge < -0.3 is 0 Å². The maximum Gasteiger partial charge on any atom is 0.0595 e. The topological polar surface area (TPSA) is 3.24 Å². The molecular formula is C14H19Cl2N. The standard InChI is InChI=1S/C14H19Cl2N/c1-17(2)14(8-4-3-5-9-14)11-6-7-12(15)13(16)10-11/h6-7,10H,3-5,8-9H2,1-2H3. The predicted molar refractivity (Wildman–Crippen MR) is 74.9 cm³/mol. The lowest BCUT2D eigenvalue weighted by Crippen LogP contribution is -2.43. The lowest BCUT2D eigenvalue weighted by atomic mass is 9.76. The highest BCUT2D eigenvalue weighted by Gasteiger charge is 2.36. The van der Waals surface area contributed by atoms with Gasteiger partial charge in [0.15, 0.2) is 0 Å². The third-order valence-corrected chi connectivity index (χ3v) is 4.73. The molecule has 0 aromatic heterocycles. The van der Waals surface area contributed by atoms with Crippen LogP contribution < -0.4 is 0 Å². The van der Waals surface area contributed by atoms with E-state index in [9.17, 15) is 0 Å². The van der Waals surface area contributed by atoms with Crippen molar-refractivity contribution in [2.45, 2.75) is 37.6 Å². The van der Waals surface area contributed by atoms with Gasteiger partial charge in [0, 0.05) is 5.54 Å². The number of hydrogen-bond donors (Lipinski definition) is 0. The molecule has 0 amide bonds. The minimum Gasteiger partial charge on any atom is -0.300 e. The molecule has 2 rings (SSSR count). The molecule has 1 saturated carbocycles. The largest absolute Gasteiger partial charge is 0.300 e. The quantitative estimate of drug-likeness (QED) is 0.753. The van der Waals surface area contributed by atoms with Crippen LogP contribution in [0.4, 0.5) is 0 Å². The third-order valence-electron chi connectivity index (χ3n) is 3.99. The van der Waals surface area contributed by atoms with Crippen LogP contribution in [-0.2, 0) is 5.54 Å². The zero-order valence-corrected chi connectivity index (χ0v) is 12.0. The van der Waals surface area contributed by atoms with Gasteiger partial charge >= 0.3 is 0 Å². The summed E-state index contributed by atoms with van der Waals surface area (Å²) in [5, 5.41) is 1.30. The second kappa shape index (κ2) is 5.17. The van der Waals surface area contributed by atoms with Crippen molar-refractivity contribution in [1.82, 2.24) is 4.90 Å². The molecule has 0 N–H and O–H groups in total. The summed E-state index contributed by atoms with van der Waals surface area (Å²) in [6.07, 6.45) is 6.34. The van der Waals surface area contributed by atoms with Crippen LogP contribution in [0, 0.1) is 0 Å². The lowest BCUT2D eigenvalue weighted by molar-refractivity contribution is 0.0989. The molecule has 0 aliphatic heterocycles. The molecular weight excluding hydrogens is 253 g/mol. The summed E-state index contributed by atoms with van der Waals surface area (Å²) in [6.45, 7) is 0. The van der Waals surface area contributed by atoms with E-state index in [2.05, 4.69) is 25.1 Å². The van der Waals surface area contributed by atoms with E-state index in [0.717, 1.165) is 0 Å². The number of nitrogens with zero attached hydrogens (tertiary/aromatic N) is 1. The molecule has 0 atom stereocenters. The fourth-order valence-electron chi connectivity index (χ4n) is 2.92. The highest BCUT2D eigenvalue weighted by molar-refractivity contribution is 6.42. The van der Waals surface area contributed by atoms with Gasteiger partial charge in [0.25, 0.3) is 0 Å². The summed E-state index contributed by atoms with van der Waals surface area (Å²) in [5.74, 6) is 0. The molecule has 1 fully saturated rings. The van der Waals surface area contributed by atoms with Crippen molar-refractivity contribution < 1.29 is 0 Å². The Hall–Kier alpha value is -0.240. The van der Waals surface area contributed by atoms with Gasteiger partial charge in [-0.05, 0) is 44.6 Å². The zero-order valence-electron chi connectivity index (χ0n) is 10.5. The molecule has 0 saturated heterocycles. The van der Waals surface area contributed by atoms with Crippen LogP contribution in [-0.4, -0.2) is 19.0 Å². The smallest absolute Gasteiger partial charge is 0.0595 e. The maximum absolute atomic E-state index is 6.15. The van der Waals surface area contributed by atoms with Crippen LogP contribution in [0.25, 0.3) is 0 Å². The monoisotopic (exact) mass is 271 g/mol. The van der Waals surface area contributed by atoms with E-state index in [4.69, 9.17) is 23.2 Å². The Morgan fingerprint density at radius 1 is 1.00 bits per heavy atom. The molecule has 1 aromatic rings. The number of benzene rings is 1. The summed E-state index contributed by atoms with van der Waals surface area (Å²) in [7, 11) is 4.32. The van der Waals surface area contributed by atoms with Crippen LogP contribution in [0.5, 0.6) is 0 Å². The van der Waals surface area contributed by atoms with E-state index in [1.54, 1.807) is 0 Å². The first kappa shape index (κ1) is 13.2. The highest BCUT2D eigenvalue weighted by Crippen LogP contribution is 2.42. The van der Waals surface area contributed by atoms with E-state index in [-0.39, 0.29) is 5.54 Å². The molecule has 17 heavy (non-hydrogen) atoms. The van der Waals surface area contributed by atoms with Crippen molar-refractivity contribution in [2.75, 3.05) is 14.1 Å². The van der Waals surface area contributed by atoms with Gasteiger partial charge in [-0.3, -0.25) is 4.90 Å². The van der Waals surface area contributed by atoms with Gasteiger partial charge in [-0.25, -0.2) is 0 Å². The Balaban J connectivity index is 2.41. The fourth-order valence-corrected chi connectivity index (χ4v) is 3.21. The molecule has 0 unspecified atom stereocenters. The Morgan fingerprint density at radius 2 is 1.65 bits per heavy atom. The fraction of sp³-hybridized carbons (Fsp3) is 0.571. The van der Waals surface area contributed by atoms with Crippen molar-refractivity contribution in [3.63, 3.8) is 0 Å². The summed E-state index contributed by atoms with van der Waals surface area (Å²) in [5.41, 5.74) is 1.45. The summed E-state index contributed by atoms with van der Waals surface area (Å²) in [6, 6.07) is 6.08. The molecule has 94 valence electrons. The Bertz CT molecular complexity index is 395. The average molecular weight is 272 g/mol. The van der Waals surface area contributed by atoms with E-state index in [0.29, 0.717) is 10.0 Å². The SMILES string of the molecule is CN(C)C1(c2ccc(Cl)c(Cl)c2)CCCCC1. The summed E-state index contributed by atoms with van der Waals surface area (Å²) >= 11 is 12.1. The van der Waals surface area contributed by atoms with E-state index in [1.807, 2.05) is 12.1 Å². The normalized spacial score (nSPS) is 19.6. The molecule has 1 aliphatic rings. The van der Waals surface area contributed by atoms with Gasteiger partial charge in [0.05, 0.1) is 10.0 Å². The minimum atomic E-state index is 0.145. The van der Waals surface area contributed by atoms with Crippen molar-refractivity contribution in [3.05, 3.63) is 33.8 Å². The van der Waals surface area contributed by atoms with Gasteiger partial charge in [0.2, 0.25) is 0 Å². The van der Waals surface area contributed by atoms with Gasteiger partial charge in [-0.1, -0.05) is 48.5 Å². The minimum absolute atomic E-state index is 0.145. The average Bonchev–Trinajstić information content (AvgIpc) is 2.33. The van der Waals surface area contributed by atoms with E-state index in [1.165, 1.54) is 37.7 Å². The second-order valence-corrected chi connectivity index (χ2v) is 5.93. The van der Waals surface area contributed by atoms with Gasteiger partial charge in [-0.2, -0.15) is 0 Å². The molecule has 3 heteroatoms. The van der Waals surface area contributed by atoms with Crippen molar-refractivity contribution in [1.29, 1.82) is 0 Å². The molecule has 0 spiro atoms. The van der Waals surface area contributed by atoms with Crippen LogP contribution in [0.1, 0.15) is 37.7 Å². The van der Waals surface area contributed by atoms with E-state index < -0.39 is 0 Å². The first-order chi connectivity index (χ1) is 8.06. The van der Waals surface area contributed by atoms with Crippen molar-refractivity contribution >= 4 is 23.2 Å². The number of hydrogen-bond acceptors (Lipinski definition) is 1. The van der Waals surface area contributed by atoms with Crippen LogP contribution in [0.2, 0.25) is 10.0 Å². The number of halogens is 2. The summed E-state index contributed by atoms with van der Waals surface area (Å²) in [4.78, 5) is 2.34. The zero-order chi connectivity index (χ0) is 12.5. The molecule has 0 radical (unpaired) electrons. The molecule has 1 nitrogen and oxygen atoms in total. The molecule has 1 aromatic carbocycles. The molecule has 1 aliphatic carbocycles. The molecule has 0 bridgehead atoms. The third kappa shape index (κ3) is 2.47.